The molecular formula is C13H9N3. The molecule has 0 unspecified atom stereocenters. The molecule has 0 saturated carbocycles. The lowest BCUT2D eigenvalue weighted by Gasteiger charge is -2.24. The van der Waals surface area contributed by atoms with Crippen molar-refractivity contribution in [1.29, 1.82) is 10.5 Å². The van der Waals surface area contributed by atoms with Crippen LogP contribution in [0.5, 0.6) is 0 Å². The fourth-order valence-electron chi connectivity index (χ4n) is 1.76. The molecule has 1 aromatic rings. The molecule has 1 aliphatic rings. The molecule has 1 aliphatic heterocycles. The van der Waals surface area contributed by atoms with Crippen LogP contribution in [0.4, 0.5) is 0 Å². The molecular weight excluding hydrogens is 198 g/mol. The Morgan fingerprint density at radius 1 is 1.19 bits per heavy atom. The quantitative estimate of drug-likeness (QED) is 0.613. The van der Waals surface area contributed by atoms with E-state index in [1.165, 1.54) is 0 Å². The Morgan fingerprint density at radius 2 is 1.88 bits per heavy atom. The number of benzene rings is 1. The van der Waals surface area contributed by atoms with Gasteiger partial charge in [0, 0.05) is 18.8 Å². The van der Waals surface area contributed by atoms with Crippen molar-refractivity contribution in [3.8, 4) is 12.1 Å². The van der Waals surface area contributed by atoms with Crippen LogP contribution in [0, 0.1) is 22.7 Å². The fourth-order valence-corrected chi connectivity index (χ4v) is 1.76. The van der Waals surface area contributed by atoms with Gasteiger partial charge in [0.25, 0.3) is 0 Å². The molecule has 0 radical (unpaired) electrons. The topological polar surface area (TPSA) is 50.8 Å². The van der Waals surface area contributed by atoms with E-state index in [1.807, 2.05) is 55.7 Å². The number of allylic oxidation sites excluding steroid dienone is 1. The second-order valence-corrected chi connectivity index (χ2v) is 3.46. The van der Waals surface area contributed by atoms with E-state index in [1.54, 1.807) is 4.90 Å². The van der Waals surface area contributed by atoms with Gasteiger partial charge in [-0.3, -0.25) is 0 Å². The van der Waals surface area contributed by atoms with Gasteiger partial charge < -0.3 is 4.90 Å². The lowest BCUT2D eigenvalue weighted by Crippen LogP contribution is -2.15. The molecule has 0 spiro atoms. The molecule has 0 aromatic heterocycles. The van der Waals surface area contributed by atoms with Gasteiger partial charge in [0.15, 0.2) is 5.57 Å². The molecule has 76 valence electrons. The number of fused-ring (bicyclic) bond motifs is 1. The predicted octanol–water partition coefficient (Wildman–Crippen LogP) is 2.36. The third-order valence-electron chi connectivity index (χ3n) is 2.51. The minimum Gasteiger partial charge on any atom is -0.349 e. The van der Waals surface area contributed by atoms with Crippen LogP contribution in [0.1, 0.15) is 11.1 Å². The van der Waals surface area contributed by atoms with Crippen molar-refractivity contribution in [3.63, 3.8) is 0 Å². The van der Waals surface area contributed by atoms with Crippen molar-refractivity contribution in [1.82, 2.24) is 4.90 Å². The Hall–Kier alpha value is -2.52. The van der Waals surface area contributed by atoms with Crippen molar-refractivity contribution in [2.24, 2.45) is 0 Å². The second kappa shape index (κ2) is 3.92. The molecule has 2 rings (SSSR count). The Kier molecular flexibility index (Phi) is 2.45. The van der Waals surface area contributed by atoms with Gasteiger partial charge in [0.05, 0.1) is 5.70 Å². The summed E-state index contributed by atoms with van der Waals surface area (Å²) < 4.78 is 0. The summed E-state index contributed by atoms with van der Waals surface area (Å²) in [6.45, 7) is 0. The summed E-state index contributed by atoms with van der Waals surface area (Å²) in [6, 6.07) is 11.6. The summed E-state index contributed by atoms with van der Waals surface area (Å²) in [7, 11) is 1.83. The zero-order valence-electron chi connectivity index (χ0n) is 8.81. The Morgan fingerprint density at radius 3 is 2.56 bits per heavy atom. The highest BCUT2D eigenvalue weighted by Gasteiger charge is 2.17. The maximum Gasteiger partial charge on any atom is 0.153 e. The van der Waals surface area contributed by atoms with Crippen LogP contribution in [-0.2, 0) is 0 Å². The van der Waals surface area contributed by atoms with Gasteiger partial charge in [0.1, 0.15) is 12.1 Å². The fraction of sp³-hybridized carbons (Fsp3) is 0.0769. The zero-order valence-corrected chi connectivity index (χ0v) is 8.81. The van der Waals surface area contributed by atoms with Gasteiger partial charge in [-0.05, 0) is 11.6 Å². The van der Waals surface area contributed by atoms with E-state index in [0.717, 1.165) is 11.1 Å². The van der Waals surface area contributed by atoms with Crippen molar-refractivity contribution in [3.05, 3.63) is 47.2 Å². The zero-order chi connectivity index (χ0) is 11.5. The standard InChI is InChI=1S/C13H9N3/c1-16-7-6-10-4-2-3-5-12(10)13(16)11(8-14)9-15/h2-7H,1H3. The summed E-state index contributed by atoms with van der Waals surface area (Å²) in [5, 5.41) is 17.9. The van der Waals surface area contributed by atoms with Crippen LogP contribution in [0.2, 0.25) is 0 Å². The molecule has 16 heavy (non-hydrogen) atoms. The SMILES string of the molecule is CN1C=Cc2ccccc2C1=C(C#N)C#N. The molecule has 0 N–H and O–H groups in total. The molecule has 0 bridgehead atoms. The minimum atomic E-state index is 0.138. The van der Waals surface area contributed by atoms with Crippen molar-refractivity contribution in [2.75, 3.05) is 7.05 Å². The summed E-state index contributed by atoms with van der Waals surface area (Å²) >= 11 is 0. The highest BCUT2D eigenvalue weighted by atomic mass is 15.1. The number of hydrogen-bond acceptors (Lipinski definition) is 3. The van der Waals surface area contributed by atoms with E-state index >= 15 is 0 Å². The van der Waals surface area contributed by atoms with Gasteiger partial charge in [-0.2, -0.15) is 10.5 Å². The van der Waals surface area contributed by atoms with Gasteiger partial charge in [0.2, 0.25) is 0 Å². The molecule has 0 aliphatic carbocycles. The average Bonchev–Trinajstić information content (AvgIpc) is 2.33. The molecule has 0 amide bonds. The van der Waals surface area contributed by atoms with E-state index in [0.29, 0.717) is 5.70 Å². The monoisotopic (exact) mass is 207 g/mol. The maximum absolute atomic E-state index is 8.94. The van der Waals surface area contributed by atoms with Crippen molar-refractivity contribution < 1.29 is 0 Å². The first-order chi connectivity index (χ1) is 7.77. The lowest BCUT2D eigenvalue weighted by atomic mass is 9.98. The Balaban J connectivity index is 2.74. The number of hydrogen-bond donors (Lipinski definition) is 0. The molecule has 0 fully saturated rings. The lowest BCUT2D eigenvalue weighted by molar-refractivity contribution is 0.652. The molecule has 1 heterocycles. The molecule has 3 heteroatoms. The van der Waals surface area contributed by atoms with E-state index < -0.39 is 0 Å². The first kappa shape index (κ1) is 10.0. The Labute approximate surface area is 94.1 Å². The third kappa shape index (κ3) is 1.45. The molecule has 0 saturated heterocycles. The number of nitriles is 2. The highest BCUT2D eigenvalue weighted by molar-refractivity contribution is 5.82. The normalized spacial score (nSPS) is 12.7. The third-order valence-corrected chi connectivity index (χ3v) is 2.51. The first-order valence-electron chi connectivity index (χ1n) is 4.83. The van der Waals surface area contributed by atoms with Crippen molar-refractivity contribution in [2.45, 2.75) is 0 Å². The smallest absolute Gasteiger partial charge is 0.153 e. The Bertz CT molecular complexity index is 552. The number of rotatable bonds is 0. The van der Waals surface area contributed by atoms with Gasteiger partial charge in [-0.15, -0.1) is 0 Å². The van der Waals surface area contributed by atoms with Crippen molar-refractivity contribution >= 4 is 11.8 Å². The van der Waals surface area contributed by atoms with Gasteiger partial charge >= 0.3 is 0 Å². The summed E-state index contributed by atoms with van der Waals surface area (Å²) in [5.74, 6) is 0. The van der Waals surface area contributed by atoms with Gasteiger partial charge in [-0.1, -0.05) is 24.3 Å². The number of nitrogens with zero attached hydrogens (tertiary/aromatic N) is 3. The molecule has 3 nitrogen and oxygen atoms in total. The minimum absolute atomic E-state index is 0.138. The average molecular weight is 207 g/mol. The highest BCUT2D eigenvalue weighted by Crippen LogP contribution is 2.30. The van der Waals surface area contributed by atoms with Gasteiger partial charge in [-0.25, -0.2) is 0 Å². The van der Waals surface area contributed by atoms with Crippen LogP contribution in [-0.4, -0.2) is 11.9 Å². The summed E-state index contributed by atoms with van der Waals surface area (Å²) in [6.07, 6.45) is 3.82. The van der Waals surface area contributed by atoms with Crippen LogP contribution < -0.4 is 0 Å². The van der Waals surface area contributed by atoms with Crippen LogP contribution in [0.25, 0.3) is 11.8 Å². The maximum atomic E-state index is 8.94. The van der Waals surface area contributed by atoms with E-state index in [9.17, 15) is 0 Å². The predicted molar refractivity (Wildman–Crippen MR) is 61.4 cm³/mol. The van der Waals surface area contributed by atoms with E-state index in [2.05, 4.69) is 0 Å². The summed E-state index contributed by atoms with van der Waals surface area (Å²) in [5.41, 5.74) is 2.76. The summed E-state index contributed by atoms with van der Waals surface area (Å²) in [4.78, 5) is 1.80. The molecule has 0 atom stereocenters. The largest absolute Gasteiger partial charge is 0.349 e. The van der Waals surface area contributed by atoms with Crippen LogP contribution in [0.3, 0.4) is 0 Å². The van der Waals surface area contributed by atoms with Crippen LogP contribution in [0.15, 0.2) is 36.0 Å². The molecule has 1 aromatic carbocycles. The van der Waals surface area contributed by atoms with E-state index in [-0.39, 0.29) is 5.57 Å². The van der Waals surface area contributed by atoms with E-state index in [4.69, 9.17) is 10.5 Å². The van der Waals surface area contributed by atoms with Crippen LogP contribution >= 0.6 is 0 Å². The second-order valence-electron chi connectivity index (χ2n) is 3.46. The first-order valence-corrected chi connectivity index (χ1v) is 4.83.